The van der Waals surface area contributed by atoms with Crippen molar-refractivity contribution in [1.82, 2.24) is 14.5 Å². The van der Waals surface area contributed by atoms with Crippen LogP contribution < -0.4 is 5.32 Å². The molecular formula is C22H28ClN3O3S. The van der Waals surface area contributed by atoms with Crippen molar-refractivity contribution >= 4 is 27.5 Å². The van der Waals surface area contributed by atoms with Crippen LogP contribution in [0.3, 0.4) is 0 Å². The third kappa shape index (κ3) is 4.86. The molecule has 0 radical (unpaired) electrons. The quantitative estimate of drug-likeness (QED) is 0.702. The fourth-order valence-electron chi connectivity index (χ4n) is 3.74. The van der Waals surface area contributed by atoms with Crippen molar-refractivity contribution in [2.75, 3.05) is 33.7 Å². The van der Waals surface area contributed by atoms with E-state index in [1.807, 2.05) is 24.3 Å². The molecule has 1 fully saturated rings. The number of aryl methyl sites for hydroxylation is 1. The van der Waals surface area contributed by atoms with Crippen LogP contribution in [0.2, 0.25) is 5.02 Å². The van der Waals surface area contributed by atoms with Gasteiger partial charge in [-0.1, -0.05) is 35.9 Å². The highest BCUT2D eigenvalue weighted by Gasteiger charge is 2.26. The van der Waals surface area contributed by atoms with Gasteiger partial charge in [0.2, 0.25) is 10.0 Å². The molecule has 162 valence electrons. The third-order valence-corrected chi connectivity index (χ3v) is 7.69. The van der Waals surface area contributed by atoms with Crippen LogP contribution in [0.5, 0.6) is 0 Å². The molecule has 2 aromatic carbocycles. The van der Waals surface area contributed by atoms with Gasteiger partial charge in [0.1, 0.15) is 0 Å². The van der Waals surface area contributed by atoms with E-state index in [2.05, 4.69) is 10.2 Å². The molecule has 30 heavy (non-hydrogen) atoms. The van der Waals surface area contributed by atoms with E-state index < -0.39 is 10.0 Å². The average Bonchev–Trinajstić information content (AvgIpc) is 3.24. The maximum absolute atomic E-state index is 13.0. The van der Waals surface area contributed by atoms with Gasteiger partial charge in [-0.25, -0.2) is 12.7 Å². The Balaban J connectivity index is 1.83. The maximum Gasteiger partial charge on any atom is 0.251 e. The molecule has 1 aliphatic rings. The zero-order chi connectivity index (χ0) is 21.9. The number of rotatable bonds is 7. The Bertz CT molecular complexity index is 1020. The molecule has 0 spiro atoms. The molecule has 6 nitrogen and oxygen atoms in total. The van der Waals surface area contributed by atoms with Crippen molar-refractivity contribution in [2.24, 2.45) is 0 Å². The first-order valence-electron chi connectivity index (χ1n) is 10.0. The lowest BCUT2D eigenvalue weighted by molar-refractivity contribution is 0.0937. The summed E-state index contributed by atoms with van der Waals surface area (Å²) in [7, 11) is -0.672. The van der Waals surface area contributed by atoms with Crippen LogP contribution >= 0.6 is 11.6 Å². The van der Waals surface area contributed by atoms with E-state index in [4.69, 9.17) is 11.6 Å². The molecule has 1 amide bonds. The zero-order valence-corrected chi connectivity index (χ0v) is 19.1. The van der Waals surface area contributed by atoms with Crippen molar-refractivity contribution in [3.63, 3.8) is 0 Å². The van der Waals surface area contributed by atoms with Crippen molar-refractivity contribution in [1.29, 1.82) is 0 Å². The Morgan fingerprint density at radius 1 is 1.17 bits per heavy atom. The summed E-state index contributed by atoms with van der Waals surface area (Å²) in [6.45, 7) is 4.11. The second kappa shape index (κ2) is 9.47. The van der Waals surface area contributed by atoms with Crippen molar-refractivity contribution in [2.45, 2.75) is 30.7 Å². The highest BCUT2D eigenvalue weighted by Crippen LogP contribution is 2.30. The number of carbonyl (C=O) groups is 1. The SMILES string of the molecule is Cc1ccc(S(=O)(=O)N(C)C)cc1C(=O)NC[C@@H](c1ccccc1Cl)N1CCCC1. The predicted molar refractivity (Wildman–Crippen MR) is 119 cm³/mol. The van der Waals surface area contributed by atoms with E-state index in [0.717, 1.165) is 41.4 Å². The summed E-state index contributed by atoms with van der Waals surface area (Å²) in [6, 6.07) is 12.3. The molecular weight excluding hydrogens is 422 g/mol. The standard InChI is InChI=1S/C22H28ClN3O3S/c1-16-10-11-17(30(28,29)25(2)3)14-19(16)22(27)24-15-21(26-12-6-7-13-26)18-8-4-5-9-20(18)23/h4-5,8-11,14,21H,6-7,12-13,15H2,1-3H3,(H,24,27)/t21-/m0/s1. The summed E-state index contributed by atoms with van der Waals surface area (Å²) in [5.74, 6) is -0.292. The molecule has 1 N–H and O–H groups in total. The van der Waals surface area contributed by atoms with Gasteiger partial charge in [0.05, 0.1) is 10.9 Å². The van der Waals surface area contributed by atoms with Gasteiger partial charge in [0.25, 0.3) is 5.91 Å². The monoisotopic (exact) mass is 449 g/mol. The van der Waals surface area contributed by atoms with E-state index >= 15 is 0 Å². The van der Waals surface area contributed by atoms with Gasteiger partial charge >= 0.3 is 0 Å². The van der Waals surface area contributed by atoms with E-state index in [1.165, 1.54) is 26.2 Å². The second-order valence-corrected chi connectivity index (χ2v) is 10.3. The predicted octanol–water partition coefficient (Wildman–Crippen LogP) is 3.47. The van der Waals surface area contributed by atoms with E-state index in [-0.39, 0.29) is 16.8 Å². The van der Waals surface area contributed by atoms with Gasteiger partial charge in [0, 0.05) is 31.2 Å². The molecule has 0 aromatic heterocycles. The molecule has 8 heteroatoms. The fraction of sp³-hybridized carbons (Fsp3) is 0.409. The number of hydrogen-bond acceptors (Lipinski definition) is 4. The lowest BCUT2D eigenvalue weighted by atomic mass is 10.0. The van der Waals surface area contributed by atoms with Crippen molar-refractivity contribution in [3.8, 4) is 0 Å². The molecule has 2 aromatic rings. The number of halogens is 1. The summed E-state index contributed by atoms with van der Waals surface area (Å²) in [4.78, 5) is 15.4. The Morgan fingerprint density at radius 3 is 2.47 bits per heavy atom. The Kier molecular flexibility index (Phi) is 7.18. The summed E-state index contributed by atoms with van der Waals surface area (Å²) in [5.41, 5.74) is 2.07. The lowest BCUT2D eigenvalue weighted by Gasteiger charge is -2.29. The first-order valence-corrected chi connectivity index (χ1v) is 11.8. The highest BCUT2D eigenvalue weighted by molar-refractivity contribution is 7.89. The molecule has 3 rings (SSSR count). The van der Waals surface area contributed by atoms with Crippen LogP contribution in [0.4, 0.5) is 0 Å². The van der Waals surface area contributed by atoms with Gasteiger partial charge in [0.15, 0.2) is 0 Å². The van der Waals surface area contributed by atoms with Gasteiger partial charge < -0.3 is 5.32 Å². The van der Waals surface area contributed by atoms with Crippen LogP contribution in [0, 0.1) is 6.92 Å². The minimum Gasteiger partial charge on any atom is -0.350 e. The molecule has 0 saturated carbocycles. The molecule has 1 atom stereocenters. The number of nitrogens with one attached hydrogen (secondary N) is 1. The number of nitrogens with zero attached hydrogens (tertiary/aromatic N) is 2. The topological polar surface area (TPSA) is 69.7 Å². The third-order valence-electron chi connectivity index (χ3n) is 5.53. The summed E-state index contributed by atoms with van der Waals surface area (Å²) >= 11 is 6.44. The van der Waals surface area contributed by atoms with E-state index in [0.29, 0.717) is 17.1 Å². The summed E-state index contributed by atoms with van der Waals surface area (Å²) in [5, 5.41) is 3.68. The van der Waals surface area contributed by atoms with Crippen molar-refractivity contribution in [3.05, 3.63) is 64.2 Å². The zero-order valence-electron chi connectivity index (χ0n) is 17.6. The summed E-state index contributed by atoms with van der Waals surface area (Å²) in [6.07, 6.45) is 2.25. The van der Waals surface area contributed by atoms with E-state index in [9.17, 15) is 13.2 Å². The number of hydrogen-bond donors (Lipinski definition) is 1. The van der Waals surface area contributed by atoms with Gasteiger partial charge in [-0.05, 0) is 62.2 Å². The number of benzene rings is 2. The molecule has 1 heterocycles. The minimum atomic E-state index is -3.61. The Morgan fingerprint density at radius 2 is 1.83 bits per heavy atom. The largest absolute Gasteiger partial charge is 0.350 e. The average molecular weight is 450 g/mol. The molecule has 0 unspecified atom stereocenters. The van der Waals surface area contributed by atoms with Crippen LogP contribution in [0.25, 0.3) is 0 Å². The van der Waals surface area contributed by atoms with E-state index in [1.54, 1.807) is 13.0 Å². The fourth-order valence-corrected chi connectivity index (χ4v) is 4.93. The number of amides is 1. The van der Waals surface area contributed by atoms with Crippen molar-refractivity contribution < 1.29 is 13.2 Å². The highest BCUT2D eigenvalue weighted by atomic mass is 35.5. The molecule has 1 aliphatic heterocycles. The minimum absolute atomic E-state index is 0.0286. The normalized spacial score (nSPS) is 16.0. The number of sulfonamides is 1. The molecule has 0 bridgehead atoms. The number of likely N-dealkylation sites (tertiary alicyclic amines) is 1. The maximum atomic E-state index is 13.0. The molecule has 1 saturated heterocycles. The summed E-state index contributed by atoms with van der Waals surface area (Å²) < 4.78 is 26.0. The van der Waals surface area contributed by atoms with Crippen LogP contribution in [0.15, 0.2) is 47.4 Å². The molecule has 0 aliphatic carbocycles. The lowest BCUT2D eigenvalue weighted by Crippen LogP contribution is -2.37. The Hall–Kier alpha value is -1.93. The van der Waals surface area contributed by atoms with Crippen LogP contribution in [0.1, 0.15) is 40.4 Å². The Labute approximate surface area is 183 Å². The first kappa shape index (κ1) is 22.7. The van der Waals surface area contributed by atoms with Crippen LogP contribution in [-0.4, -0.2) is 57.3 Å². The van der Waals surface area contributed by atoms with Gasteiger partial charge in [-0.3, -0.25) is 9.69 Å². The van der Waals surface area contributed by atoms with Crippen LogP contribution in [-0.2, 0) is 10.0 Å². The first-order chi connectivity index (χ1) is 14.2. The second-order valence-electron chi connectivity index (χ2n) is 7.75. The smallest absolute Gasteiger partial charge is 0.251 e. The van der Waals surface area contributed by atoms with Gasteiger partial charge in [-0.15, -0.1) is 0 Å². The van der Waals surface area contributed by atoms with Gasteiger partial charge in [-0.2, -0.15) is 0 Å². The number of carbonyl (C=O) groups excluding carboxylic acids is 1.